The molecule has 0 saturated carbocycles. The average molecular weight is 376 g/mol. The molecule has 0 radical (unpaired) electrons. The van der Waals surface area contributed by atoms with Gasteiger partial charge < -0.3 is 10.2 Å². The van der Waals surface area contributed by atoms with Crippen molar-refractivity contribution in [2.75, 3.05) is 18.4 Å². The molecule has 1 aromatic carbocycles. The Balaban J connectivity index is 1.69. The van der Waals surface area contributed by atoms with E-state index in [4.69, 9.17) is 11.6 Å². The maximum Gasteiger partial charge on any atom is 0.417 e. The van der Waals surface area contributed by atoms with Crippen molar-refractivity contribution in [2.45, 2.75) is 25.1 Å². The minimum absolute atomic E-state index is 0.124. The van der Waals surface area contributed by atoms with Gasteiger partial charge in [0.1, 0.15) is 12.6 Å². The highest BCUT2D eigenvalue weighted by Crippen LogP contribution is 2.36. The van der Waals surface area contributed by atoms with E-state index in [0.29, 0.717) is 19.0 Å². The second-order valence-corrected chi connectivity index (χ2v) is 6.21. The number of benzene rings is 1. The first-order chi connectivity index (χ1) is 11.7. The SMILES string of the molecule is O=C(CN1C(=O)C2CCCN2C1=O)Nc1ccc(Cl)c(C(F)(F)F)c1. The zero-order valence-corrected chi connectivity index (χ0v) is 13.5. The number of hydrogen-bond donors (Lipinski definition) is 1. The van der Waals surface area contributed by atoms with Crippen LogP contribution in [-0.4, -0.2) is 46.8 Å². The smallest absolute Gasteiger partial charge is 0.325 e. The number of alkyl halides is 3. The Labute approximate surface area is 145 Å². The number of anilines is 1. The molecular formula is C15H13ClF3N3O3. The Kier molecular flexibility index (Phi) is 4.36. The fourth-order valence-electron chi connectivity index (χ4n) is 2.99. The standard InChI is InChI=1S/C15H13ClF3N3O3/c16-10-4-3-8(6-9(10)15(17,18)19)20-12(23)7-22-13(24)11-2-1-5-21(11)14(22)25/h3-4,6,11H,1-2,5,7H2,(H,20,23). The number of fused-ring (bicyclic) bond motifs is 1. The number of nitrogens with zero attached hydrogens (tertiary/aromatic N) is 2. The Hall–Kier alpha value is -2.29. The molecule has 0 aromatic heterocycles. The lowest BCUT2D eigenvalue weighted by molar-refractivity contribution is -0.137. The highest BCUT2D eigenvalue weighted by Gasteiger charge is 2.47. The molecule has 2 fully saturated rings. The predicted molar refractivity (Wildman–Crippen MR) is 81.9 cm³/mol. The minimum atomic E-state index is -4.66. The second kappa shape index (κ2) is 6.21. The highest BCUT2D eigenvalue weighted by molar-refractivity contribution is 6.31. The molecule has 2 aliphatic rings. The van der Waals surface area contributed by atoms with E-state index in [0.717, 1.165) is 17.4 Å². The molecule has 1 N–H and O–H groups in total. The molecule has 4 amide bonds. The first-order valence-electron chi connectivity index (χ1n) is 7.47. The van der Waals surface area contributed by atoms with Crippen LogP contribution in [0.25, 0.3) is 0 Å². The molecule has 2 heterocycles. The van der Waals surface area contributed by atoms with Crippen LogP contribution in [0.2, 0.25) is 5.02 Å². The third kappa shape index (κ3) is 3.28. The van der Waals surface area contributed by atoms with E-state index in [9.17, 15) is 27.6 Å². The fourth-order valence-corrected chi connectivity index (χ4v) is 3.22. The van der Waals surface area contributed by atoms with Gasteiger partial charge in [-0.25, -0.2) is 4.79 Å². The molecule has 0 bridgehead atoms. The van der Waals surface area contributed by atoms with Crippen LogP contribution in [0.3, 0.4) is 0 Å². The van der Waals surface area contributed by atoms with Gasteiger partial charge in [0, 0.05) is 12.2 Å². The van der Waals surface area contributed by atoms with Gasteiger partial charge in [-0.2, -0.15) is 13.2 Å². The second-order valence-electron chi connectivity index (χ2n) is 5.80. The zero-order chi connectivity index (χ0) is 18.4. The van der Waals surface area contributed by atoms with Crippen LogP contribution in [0, 0.1) is 0 Å². The first kappa shape index (κ1) is 17.5. The van der Waals surface area contributed by atoms with Gasteiger partial charge in [0.15, 0.2) is 0 Å². The third-order valence-electron chi connectivity index (χ3n) is 4.14. The highest BCUT2D eigenvalue weighted by atomic mass is 35.5. The van der Waals surface area contributed by atoms with E-state index in [1.54, 1.807) is 0 Å². The molecule has 1 aromatic rings. The lowest BCUT2D eigenvalue weighted by atomic mass is 10.2. The number of urea groups is 1. The monoisotopic (exact) mass is 375 g/mol. The molecule has 25 heavy (non-hydrogen) atoms. The number of carbonyl (C=O) groups excluding carboxylic acids is 3. The lowest BCUT2D eigenvalue weighted by Gasteiger charge is -2.16. The predicted octanol–water partition coefficient (Wildman–Crippen LogP) is 2.72. The lowest BCUT2D eigenvalue weighted by Crippen LogP contribution is -2.39. The van der Waals surface area contributed by atoms with Crippen LogP contribution in [0.15, 0.2) is 18.2 Å². The van der Waals surface area contributed by atoms with Crippen molar-refractivity contribution in [2.24, 2.45) is 0 Å². The summed E-state index contributed by atoms with van der Waals surface area (Å²) < 4.78 is 38.5. The molecule has 2 aliphatic heterocycles. The summed E-state index contributed by atoms with van der Waals surface area (Å²) in [5.41, 5.74) is -1.21. The summed E-state index contributed by atoms with van der Waals surface area (Å²) in [6.07, 6.45) is -3.38. The van der Waals surface area contributed by atoms with Crippen molar-refractivity contribution in [1.82, 2.24) is 9.80 Å². The number of halogens is 4. The van der Waals surface area contributed by atoms with Crippen molar-refractivity contribution in [3.05, 3.63) is 28.8 Å². The van der Waals surface area contributed by atoms with Crippen LogP contribution >= 0.6 is 11.6 Å². The minimum Gasteiger partial charge on any atom is -0.325 e. The first-order valence-corrected chi connectivity index (χ1v) is 7.85. The zero-order valence-electron chi connectivity index (χ0n) is 12.8. The summed E-state index contributed by atoms with van der Waals surface area (Å²) in [6, 6.07) is 1.85. The van der Waals surface area contributed by atoms with Gasteiger partial charge in [0.2, 0.25) is 5.91 Å². The maximum absolute atomic E-state index is 12.8. The van der Waals surface area contributed by atoms with E-state index in [2.05, 4.69) is 5.32 Å². The molecule has 1 atom stereocenters. The van der Waals surface area contributed by atoms with Crippen LogP contribution < -0.4 is 5.32 Å². The number of rotatable bonds is 3. The molecule has 3 rings (SSSR count). The molecule has 0 spiro atoms. The summed E-state index contributed by atoms with van der Waals surface area (Å²) in [6.45, 7) is -0.0892. The Morgan fingerprint density at radius 3 is 2.68 bits per heavy atom. The average Bonchev–Trinajstić information content (AvgIpc) is 3.08. The number of hydrogen-bond acceptors (Lipinski definition) is 3. The molecule has 0 aliphatic carbocycles. The number of nitrogens with one attached hydrogen (secondary N) is 1. The van der Waals surface area contributed by atoms with E-state index >= 15 is 0 Å². The van der Waals surface area contributed by atoms with Crippen LogP contribution in [-0.2, 0) is 15.8 Å². The van der Waals surface area contributed by atoms with Gasteiger partial charge >= 0.3 is 12.2 Å². The molecule has 2 saturated heterocycles. The molecule has 6 nitrogen and oxygen atoms in total. The van der Waals surface area contributed by atoms with Crippen molar-refractivity contribution in [1.29, 1.82) is 0 Å². The van der Waals surface area contributed by atoms with Crippen molar-refractivity contribution >= 4 is 35.1 Å². The van der Waals surface area contributed by atoms with Crippen LogP contribution in [0.5, 0.6) is 0 Å². The largest absolute Gasteiger partial charge is 0.417 e. The van der Waals surface area contributed by atoms with Gasteiger partial charge in [-0.3, -0.25) is 14.5 Å². The van der Waals surface area contributed by atoms with Crippen LogP contribution in [0.4, 0.5) is 23.7 Å². The number of imide groups is 1. The van der Waals surface area contributed by atoms with E-state index in [-0.39, 0.29) is 5.69 Å². The maximum atomic E-state index is 12.8. The van der Waals surface area contributed by atoms with Crippen molar-refractivity contribution < 1.29 is 27.6 Å². The Morgan fingerprint density at radius 2 is 2.04 bits per heavy atom. The molecular weight excluding hydrogens is 363 g/mol. The molecule has 1 unspecified atom stereocenters. The van der Waals surface area contributed by atoms with Gasteiger partial charge in [-0.1, -0.05) is 11.6 Å². The Bertz CT molecular complexity index is 731. The quantitative estimate of drug-likeness (QED) is 0.826. The van der Waals surface area contributed by atoms with E-state index < -0.39 is 47.2 Å². The van der Waals surface area contributed by atoms with Gasteiger partial charge in [0.05, 0.1) is 10.6 Å². The Morgan fingerprint density at radius 1 is 1.32 bits per heavy atom. The van der Waals surface area contributed by atoms with Crippen molar-refractivity contribution in [3.8, 4) is 0 Å². The van der Waals surface area contributed by atoms with Gasteiger partial charge in [-0.05, 0) is 31.0 Å². The summed E-state index contributed by atoms with van der Waals surface area (Å²) in [7, 11) is 0. The van der Waals surface area contributed by atoms with Crippen molar-refractivity contribution in [3.63, 3.8) is 0 Å². The molecule has 10 heteroatoms. The summed E-state index contributed by atoms with van der Waals surface area (Å²) in [5, 5.41) is 1.76. The van der Waals surface area contributed by atoms with Crippen LogP contribution in [0.1, 0.15) is 18.4 Å². The third-order valence-corrected chi connectivity index (χ3v) is 4.47. The summed E-state index contributed by atoms with van der Waals surface area (Å²) >= 11 is 5.51. The van der Waals surface area contributed by atoms with E-state index in [1.165, 1.54) is 11.0 Å². The number of amides is 4. The molecule has 134 valence electrons. The van der Waals surface area contributed by atoms with Gasteiger partial charge in [0.25, 0.3) is 5.91 Å². The van der Waals surface area contributed by atoms with E-state index in [1.807, 2.05) is 0 Å². The summed E-state index contributed by atoms with van der Waals surface area (Å²) in [5.74, 6) is -1.22. The number of carbonyl (C=O) groups is 3. The topological polar surface area (TPSA) is 69.7 Å². The fraction of sp³-hybridized carbons (Fsp3) is 0.400. The summed E-state index contributed by atoms with van der Waals surface area (Å²) in [4.78, 5) is 38.5. The van der Waals surface area contributed by atoms with Gasteiger partial charge in [-0.15, -0.1) is 0 Å². The normalized spacial score (nSPS) is 20.2.